The Kier molecular flexibility index (Phi) is 5.20. The lowest BCUT2D eigenvalue weighted by atomic mass is 10.1. The highest BCUT2D eigenvalue weighted by Crippen LogP contribution is 2.30. The molecule has 0 unspecified atom stereocenters. The predicted octanol–water partition coefficient (Wildman–Crippen LogP) is 2.78. The van der Waals surface area contributed by atoms with E-state index in [1.807, 2.05) is 19.2 Å². The fourth-order valence-corrected chi connectivity index (χ4v) is 3.08. The van der Waals surface area contributed by atoms with Gasteiger partial charge in [0.15, 0.2) is 5.82 Å². The van der Waals surface area contributed by atoms with Crippen LogP contribution < -0.4 is 15.5 Å². The van der Waals surface area contributed by atoms with Gasteiger partial charge in [0.25, 0.3) is 0 Å². The van der Waals surface area contributed by atoms with Crippen molar-refractivity contribution in [1.29, 1.82) is 0 Å². The van der Waals surface area contributed by atoms with E-state index in [4.69, 9.17) is 11.6 Å². The first-order valence-electron chi connectivity index (χ1n) is 8.06. The summed E-state index contributed by atoms with van der Waals surface area (Å²) in [5.41, 5.74) is 1.69. The highest BCUT2D eigenvalue weighted by Gasteiger charge is 2.14. The third-order valence-corrected chi connectivity index (χ3v) is 4.42. The molecule has 2 amide bonds. The summed E-state index contributed by atoms with van der Waals surface area (Å²) in [7, 11) is 1.83. The van der Waals surface area contributed by atoms with E-state index in [0.29, 0.717) is 23.1 Å². The van der Waals surface area contributed by atoms with E-state index in [9.17, 15) is 4.79 Å². The molecule has 2 aromatic rings. The fourth-order valence-electron chi connectivity index (χ4n) is 2.78. The highest BCUT2D eigenvalue weighted by molar-refractivity contribution is 6.33. The number of aryl methyl sites for hydroxylation is 1. The zero-order chi connectivity index (χ0) is 16.9. The van der Waals surface area contributed by atoms with Crippen molar-refractivity contribution < 1.29 is 4.79 Å². The van der Waals surface area contributed by atoms with Crippen molar-refractivity contribution in [2.45, 2.75) is 25.8 Å². The molecule has 24 heavy (non-hydrogen) atoms. The Morgan fingerprint density at radius 1 is 1.29 bits per heavy atom. The minimum absolute atomic E-state index is 0.306. The number of nitrogens with one attached hydrogen (secondary N) is 2. The van der Waals surface area contributed by atoms with Crippen LogP contribution in [0.3, 0.4) is 0 Å². The van der Waals surface area contributed by atoms with Gasteiger partial charge in [0.2, 0.25) is 0 Å². The zero-order valence-corrected chi connectivity index (χ0v) is 14.4. The zero-order valence-electron chi connectivity index (χ0n) is 13.6. The maximum atomic E-state index is 12.0. The molecule has 0 radical (unpaired) electrons. The number of nitrogens with zero attached hydrogens (tertiary/aromatic N) is 4. The molecule has 1 aliphatic heterocycles. The molecule has 1 aromatic heterocycles. The van der Waals surface area contributed by atoms with Gasteiger partial charge < -0.3 is 20.1 Å². The number of halogens is 1. The third-order valence-electron chi connectivity index (χ3n) is 4.11. The lowest BCUT2D eigenvalue weighted by molar-refractivity contribution is 0.251. The molecule has 0 atom stereocenters. The quantitative estimate of drug-likeness (QED) is 0.890. The van der Waals surface area contributed by atoms with Crippen molar-refractivity contribution in [2.24, 2.45) is 7.05 Å². The van der Waals surface area contributed by atoms with E-state index >= 15 is 0 Å². The lowest BCUT2D eigenvalue weighted by Gasteiger charge is -2.29. The van der Waals surface area contributed by atoms with Gasteiger partial charge >= 0.3 is 6.03 Å². The maximum absolute atomic E-state index is 12.0. The summed E-state index contributed by atoms with van der Waals surface area (Å²) in [6, 6.07) is 5.32. The van der Waals surface area contributed by atoms with Gasteiger partial charge in [-0.1, -0.05) is 11.6 Å². The first-order valence-corrected chi connectivity index (χ1v) is 8.43. The molecule has 3 rings (SSSR count). The second-order valence-electron chi connectivity index (χ2n) is 5.88. The standard InChI is InChI=1S/C16H21ClN6O/c1-22-11-19-21-15(22)10-18-16(24)20-12-5-6-14(13(17)9-12)23-7-3-2-4-8-23/h5-6,9,11H,2-4,7-8,10H2,1H3,(H2,18,20,24). The van der Waals surface area contributed by atoms with Crippen LogP contribution in [0.5, 0.6) is 0 Å². The maximum Gasteiger partial charge on any atom is 0.319 e. The van der Waals surface area contributed by atoms with Gasteiger partial charge in [-0.25, -0.2) is 4.79 Å². The number of anilines is 2. The second kappa shape index (κ2) is 7.53. The number of amides is 2. The molecule has 2 heterocycles. The Balaban J connectivity index is 1.57. The smallest absolute Gasteiger partial charge is 0.319 e. The monoisotopic (exact) mass is 348 g/mol. The number of hydrogen-bond acceptors (Lipinski definition) is 4. The summed E-state index contributed by atoms with van der Waals surface area (Å²) in [4.78, 5) is 14.3. The van der Waals surface area contributed by atoms with Gasteiger partial charge in [0, 0.05) is 25.8 Å². The Morgan fingerprint density at radius 2 is 2.08 bits per heavy atom. The van der Waals surface area contributed by atoms with Crippen LogP contribution in [0.15, 0.2) is 24.5 Å². The minimum atomic E-state index is -0.306. The largest absolute Gasteiger partial charge is 0.370 e. The fraction of sp³-hybridized carbons (Fsp3) is 0.438. The van der Waals surface area contributed by atoms with Crippen LogP contribution in [0.4, 0.5) is 16.2 Å². The van der Waals surface area contributed by atoms with E-state index in [0.717, 1.165) is 18.8 Å². The van der Waals surface area contributed by atoms with Gasteiger partial charge in [-0.05, 0) is 37.5 Å². The van der Waals surface area contributed by atoms with E-state index in [-0.39, 0.29) is 6.03 Å². The van der Waals surface area contributed by atoms with E-state index in [2.05, 4.69) is 25.7 Å². The van der Waals surface area contributed by atoms with E-state index in [1.54, 1.807) is 17.0 Å². The van der Waals surface area contributed by atoms with Crippen LogP contribution in [-0.4, -0.2) is 33.9 Å². The number of piperidine rings is 1. The molecule has 2 N–H and O–H groups in total. The van der Waals surface area contributed by atoms with Crippen LogP contribution in [0, 0.1) is 0 Å². The number of carbonyl (C=O) groups is 1. The molecular weight excluding hydrogens is 328 g/mol. The number of urea groups is 1. The molecule has 0 aliphatic carbocycles. The molecule has 1 saturated heterocycles. The van der Waals surface area contributed by atoms with Crippen LogP contribution in [0.25, 0.3) is 0 Å². The van der Waals surface area contributed by atoms with Crippen LogP contribution >= 0.6 is 11.6 Å². The summed E-state index contributed by atoms with van der Waals surface area (Å²) < 4.78 is 1.75. The average molecular weight is 349 g/mol. The van der Waals surface area contributed by atoms with E-state index in [1.165, 1.54) is 19.3 Å². The van der Waals surface area contributed by atoms with Crippen LogP contribution in [0.1, 0.15) is 25.1 Å². The summed E-state index contributed by atoms with van der Waals surface area (Å²) in [6.45, 7) is 2.37. The Morgan fingerprint density at radius 3 is 2.75 bits per heavy atom. The molecule has 1 aromatic carbocycles. The normalized spacial score (nSPS) is 14.5. The van der Waals surface area contributed by atoms with Gasteiger partial charge in [-0.2, -0.15) is 0 Å². The second-order valence-corrected chi connectivity index (χ2v) is 6.29. The number of rotatable bonds is 4. The Hall–Kier alpha value is -2.28. The predicted molar refractivity (Wildman–Crippen MR) is 94.4 cm³/mol. The topological polar surface area (TPSA) is 75.1 Å². The molecule has 1 aliphatic rings. The molecule has 1 fully saturated rings. The van der Waals surface area contributed by atoms with E-state index < -0.39 is 0 Å². The molecule has 0 spiro atoms. The lowest BCUT2D eigenvalue weighted by Crippen LogP contribution is -2.30. The summed E-state index contributed by atoms with van der Waals surface area (Å²) in [5, 5.41) is 13.9. The van der Waals surface area contributed by atoms with Gasteiger partial charge in [0.1, 0.15) is 6.33 Å². The van der Waals surface area contributed by atoms with Crippen molar-refractivity contribution in [3.8, 4) is 0 Å². The minimum Gasteiger partial charge on any atom is -0.370 e. The van der Waals surface area contributed by atoms with Crippen molar-refractivity contribution in [3.63, 3.8) is 0 Å². The van der Waals surface area contributed by atoms with Crippen molar-refractivity contribution in [3.05, 3.63) is 35.4 Å². The number of benzene rings is 1. The first kappa shape index (κ1) is 16.6. The average Bonchev–Trinajstić information content (AvgIpc) is 2.99. The van der Waals surface area contributed by atoms with Crippen molar-refractivity contribution in [1.82, 2.24) is 20.1 Å². The SMILES string of the molecule is Cn1cnnc1CNC(=O)Nc1ccc(N2CCCCC2)c(Cl)c1. The summed E-state index contributed by atoms with van der Waals surface area (Å²) in [6.07, 6.45) is 5.26. The first-order chi connectivity index (χ1) is 11.6. The molecule has 8 heteroatoms. The highest BCUT2D eigenvalue weighted by atomic mass is 35.5. The molecule has 0 bridgehead atoms. The number of hydrogen-bond donors (Lipinski definition) is 2. The molecule has 128 valence electrons. The van der Waals surface area contributed by atoms with Crippen molar-refractivity contribution >= 4 is 29.0 Å². The van der Waals surface area contributed by atoms with Crippen molar-refractivity contribution in [2.75, 3.05) is 23.3 Å². The summed E-state index contributed by atoms with van der Waals surface area (Å²) in [5.74, 6) is 0.684. The number of aromatic nitrogens is 3. The van der Waals surface area contributed by atoms with Gasteiger partial charge in [-0.15, -0.1) is 10.2 Å². The number of carbonyl (C=O) groups excluding carboxylic acids is 1. The van der Waals surface area contributed by atoms with Crippen LogP contribution in [0.2, 0.25) is 5.02 Å². The Labute approximate surface area is 146 Å². The molecule has 0 saturated carbocycles. The van der Waals surface area contributed by atoms with Crippen LogP contribution in [-0.2, 0) is 13.6 Å². The third kappa shape index (κ3) is 3.97. The van der Waals surface area contributed by atoms with Gasteiger partial charge in [-0.3, -0.25) is 0 Å². The summed E-state index contributed by atoms with van der Waals surface area (Å²) >= 11 is 6.39. The molecular formula is C16H21ClN6O. The molecule has 7 nitrogen and oxygen atoms in total. The van der Waals surface area contributed by atoms with Gasteiger partial charge in [0.05, 0.1) is 17.3 Å². The Bertz CT molecular complexity index is 710.